The zero-order chi connectivity index (χ0) is 10.5. The van der Waals surface area contributed by atoms with E-state index in [-0.39, 0.29) is 0 Å². The Hall–Kier alpha value is -2.02. The van der Waals surface area contributed by atoms with Crippen molar-refractivity contribution in [3.8, 4) is 0 Å². The second-order valence-electron chi connectivity index (χ2n) is 4.35. The van der Waals surface area contributed by atoms with Gasteiger partial charge in [0.15, 0.2) is 0 Å². The molecule has 0 saturated carbocycles. The highest BCUT2D eigenvalue weighted by atomic mass is 15.0. The Labute approximate surface area is 93.6 Å². The van der Waals surface area contributed by atoms with E-state index in [2.05, 4.69) is 59.3 Å². The highest BCUT2D eigenvalue weighted by molar-refractivity contribution is 5.98. The van der Waals surface area contributed by atoms with Crippen molar-refractivity contribution in [1.29, 1.82) is 0 Å². The van der Waals surface area contributed by atoms with Crippen LogP contribution in [0.1, 0.15) is 5.69 Å². The van der Waals surface area contributed by atoms with Gasteiger partial charge in [0.2, 0.25) is 0 Å². The molecule has 0 aliphatic carbocycles. The number of allylic oxidation sites excluding steroid dienone is 1. The fourth-order valence-electron chi connectivity index (χ4n) is 2.59. The van der Waals surface area contributed by atoms with E-state index in [1.54, 1.807) is 0 Å². The first kappa shape index (κ1) is 8.17. The molecule has 0 fully saturated rings. The molecule has 76 valence electrons. The normalized spacial score (nSPS) is 13.8. The van der Waals surface area contributed by atoms with E-state index in [1.807, 2.05) is 0 Å². The minimum atomic E-state index is 1.06. The molecule has 0 amide bonds. The predicted molar refractivity (Wildman–Crippen MR) is 68.5 cm³/mol. The van der Waals surface area contributed by atoms with Crippen LogP contribution in [0.3, 0.4) is 0 Å². The maximum absolute atomic E-state index is 2.29. The molecule has 0 saturated heterocycles. The highest BCUT2D eigenvalue weighted by Gasteiger charge is 2.10. The number of benzene rings is 2. The van der Waals surface area contributed by atoms with Gasteiger partial charge in [-0.3, -0.25) is 0 Å². The zero-order valence-corrected chi connectivity index (χ0v) is 8.85. The van der Waals surface area contributed by atoms with E-state index in [0.717, 1.165) is 6.42 Å². The average molecular weight is 205 g/mol. The van der Waals surface area contributed by atoms with Gasteiger partial charge in [-0.1, -0.05) is 30.3 Å². The van der Waals surface area contributed by atoms with Gasteiger partial charge < -0.3 is 4.57 Å². The van der Waals surface area contributed by atoms with E-state index in [4.69, 9.17) is 0 Å². The molecular weight excluding hydrogens is 194 g/mol. The lowest BCUT2D eigenvalue weighted by Crippen LogP contribution is -1.85. The number of hydrogen-bond acceptors (Lipinski definition) is 0. The summed E-state index contributed by atoms with van der Waals surface area (Å²) in [5.74, 6) is 0. The summed E-state index contributed by atoms with van der Waals surface area (Å²) >= 11 is 0. The Kier molecular flexibility index (Phi) is 1.41. The van der Waals surface area contributed by atoms with Gasteiger partial charge in [-0.25, -0.2) is 0 Å². The molecule has 1 aliphatic heterocycles. The first-order valence-corrected chi connectivity index (χ1v) is 5.61. The van der Waals surface area contributed by atoms with Crippen LogP contribution in [-0.2, 0) is 6.42 Å². The Morgan fingerprint density at radius 3 is 2.56 bits per heavy atom. The van der Waals surface area contributed by atoms with Gasteiger partial charge in [-0.15, -0.1) is 0 Å². The molecule has 0 unspecified atom stereocenters. The van der Waals surface area contributed by atoms with Gasteiger partial charge in [0.1, 0.15) is 0 Å². The summed E-state index contributed by atoms with van der Waals surface area (Å²) in [6.45, 7) is 0. The van der Waals surface area contributed by atoms with Crippen LogP contribution in [0.15, 0.2) is 48.5 Å². The third-order valence-electron chi connectivity index (χ3n) is 3.37. The first-order valence-electron chi connectivity index (χ1n) is 5.61. The van der Waals surface area contributed by atoms with Crippen molar-refractivity contribution in [2.24, 2.45) is 0 Å². The zero-order valence-electron chi connectivity index (χ0n) is 8.85. The van der Waals surface area contributed by atoms with E-state index in [0.29, 0.717) is 0 Å². The monoisotopic (exact) mass is 205 g/mol. The Balaban J connectivity index is 2.21. The van der Waals surface area contributed by atoms with Gasteiger partial charge in [0, 0.05) is 23.7 Å². The van der Waals surface area contributed by atoms with Crippen molar-refractivity contribution in [3.63, 3.8) is 0 Å². The predicted octanol–water partition coefficient (Wildman–Crippen LogP) is 3.82. The standard InChI is InChI=1S/C15H11N/c1-2-5-12-10-15-13(8-11(12)4-1)9-14-6-3-7-16(14)15/h1-5,7-10H,6H2. The van der Waals surface area contributed by atoms with Gasteiger partial charge in [-0.2, -0.15) is 0 Å². The lowest BCUT2D eigenvalue weighted by Gasteiger charge is -2.00. The molecule has 0 spiro atoms. The van der Waals surface area contributed by atoms with Crippen LogP contribution >= 0.6 is 0 Å². The molecule has 16 heavy (non-hydrogen) atoms. The van der Waals surface area contributed by atoms with Crippen LogP contribution in [-0.4, -0.2) is 4.57 Å². The van der Waals surface area contributed by atoms with Crippen LogP contribution in [0.5, 0.6) is 0 Å². The molecule has 2 aromatic carbocycles. The van der Waals surface area contributed by atoms with E-state index in [1.165, 1.54) is 27.4 Å². The van der Waals surface area contributed by atoms with Crippen LogP contribution < -0.4 is 0 Å². The SMILES string of the molecule is C1=Cn2c(cc3cc4ccccc4cc32)C1. The maximum atomic E-state index is 2.29. The fourth-order valence-corrected chi connectivity index (χ4v) is 2.59. The largest absolute Gasteiger partial charge is 0.320 e. The van der Waals surface area contributed by atoms with E-state index >= 15 is 0 Å². The van der Waals surface area contributed by atoms with E-state index in [9.17, 15) is 0 Å². The number of rotatable bonds is 0. The van der Waals surface area contributed by atoms with Crippen LogP contribution in [0.25, 0.3) is 27.9 Å². The Morgan fingerprint density at radius 1 is 0.875 bits per heavy atom. The smallest absolute Gasteiger partial charge is 0.0531 e. The molecule has 2 heterocycles. The van der Waals surface area contributed by atoms with Crippen molar-refractivity contribution in [1.82, 2.24) is 4.57 Å². The van der Waals surface area contributed by atoms with Crippen molar-refractivity contribution >= 4 is 27.9 Å². The molecule has 0 N–H and O–H groups in total. The molecule has 1 nitrogen and oxygen atoms in total. The first-order chi connectivity index (χ1) is 7.92. The second-order valence-corrected chi connectivity index (χ2v) is 4.35. The highest BCUT2D eigenvalue weighted by Crippen LogP contribution is 2.28. The number of aromatic nitrogens is 1. The number of fused-ring (bicyclic) bond motifs is 4. The van der Waals surface area contributed by atoms with Gasteiger partial charge in [0.05, 0.1) is 5.52 Å². The lowest BCUT2D eigenvalue weighted by molar-refractivity contribution is 1.12. The lowest BCUT2D eigenvalue weighted by atomic mass is 10.1. The van der Waals surface area contributed by atoms with Gasteiger partial charge in [0.25, 0.3) is 0 Å². The van der Waals surface area contributed by atoms with Crippen LogP contribution in [0.2, 0.25) is 0 Å². The summed E-state index contributed by atoms with van der Waals surface area (Å²) in [6.07, 6.45) is 5.45. The molecule has 1 aliphatic rings. The van der Waals surface area contributed by atoms with E-state index < -0.39 is 0 Å². The van der Waals surface area contributed by atoms with Crippen LogP contribution in [0.4, 0.5) is 0 Å². The minimum absolute atomic E-state index is 1.06. The maximum Gasteiger partial charge on any atom is 0.0531 e. The summed E-state index contributed by atoms with van der Waals surface area (Å²) in [6, 6.07) is 15.4. The Bertz CT molecular complexity index is 732. The molecule has 1 heteroatoms. The molecule has 0 bridgehead atoms. The second kappa shape index (κ2) is 2.76. The molecular formula is C15H11N. The quantitative estimate of drug-likeness (QED) is 0.525. The third kappa shape index (κ3) is 0.951. The minimum Gasteiger partial charge on any atom is -0.320 e. The number of nitrogens with zero attached hydrogens (tertiary/aromatic N) is 1. The summed E-state index contributed by atoms with van der Waals surface area (Å²) in [5, 5.41) is 3.98. The average Bonchev–Trinajstić information content (AvgIpc) is 2.86. The van der Waals surface area contributed by atoms with Crippen LogP contribution in [0, 0.1) is 0 Å². The molecule has 1 aromatic heterocycles. The third-order valence-corrected chi connectivity index (χ3v) is 3.37. The number of hydrogen-bond donors (Lipinski definition) is 0. The van der Waals surface area contributed by atoms with Crippen molar-refractivity contribution < 1.29 is 0 Å². The summed E-state index contributed by atoms with van der Waals surface area (Å²) in [5.41, 5.74) is 2.72. The summed E-state index contributed by atoms with van der Waals surface area (Å²) in [7, 11) is 0. The molecule has 4 rings (SSSR count). The molecule has 0 radical (unpaired) electrons. The Morgan fingerprint density at radius 2 is 1.69 bits per heavy atom. The van der Waals surface area contributed by atoms with Crippen molar-refractivity contribution in [3.05, 3.63) is 54.2 Å². The van der Waals surface area contributed by atoms with Crippen molar-refractivity contribution in [2.75, 3.05) is 0 Å². The van der Waals surface area contributed by atoms with Crippen molar-refractivity contribution in [2.45, 2.75) is 6.42 Å². The molecule has 3 aromatic rings. The summed E-state index contributed by atoms with van der Waals surface area (Å²) < 4.78 is 2.29. The fraction of sp³-hybridized carbons (Fsp3) is 0.0667. The van der Waals surface area contributed by atoms with Gasteiger partial charge in [-0.05, 0) is 29.0 Å². The topological polar surface area (TPSA) is 4.93 Å². The molecule has 0 atom stereocenters. The van der Waals surface area contributed by atoms with Gasteiger partial charge >= 0.3 is 0 Å². The summed E-state index contributed by atoms with van der Waals surface area (Å²) in [4.78, 5) is 0.